The maximum atomic E-state index is 6.47. The average Bonchev–Trinajstić information content (AvgIpc) is 3.93. The summed E-state index contributed by atoms with van der Waals surface area (Å²) in [6.45, 7) is 0. The summed E-state index contributed by atoms with van der Waals surface area (Å²) in [5, 5.41) is 6.97. The van der Waals surface area contributed by atoms with Crippen LogP contribution in [0.3, 0.4) is 0 Å². The molecule has 0 fully saturated rings. The van der Waals surface area contributed by atoms with E-state index >= 15 is 0 Å². The highest BCUT2D eigenvalue weighted by atomic mass is 16.3. The number of rotatable bonds is 5. The summed E-state index contributed by atoms with van der Waals surface area (Å²) in [5.74, 6) is 1.90. The third-order valence-electron chi connectivity index (χ3n) is 11.2. The predicted molar refractivity (Wildman–Crippen MR) is 232 cm³/mol. The van der Waals surface area contributed by atoms with Crippen molar-refractivity contribution in [2.24, 2.45) is 0 Å². The number of para-hydroxylation sites is 3. The van der Waals surface area contributed by atoms with Crippen molar-refractivity contribution in [1.29, 1.82) is 0 Å². The van der Waals surface area contributed by atoms with Crippen LogP contribution in [0.15, 0.2) is 192 Å². The van der Waals surface area contributed by atoms with E-state index in [1.165, 1.54) is 21.7 Å². The molecule has 0 N–H and O–H groups in total. The lowest BCUT2D eigenvalue weighted by Crippen LogP contribution is -2.00. The van der Waals surface area contributed by atoms with Gasteiger partial charge in [-0.25, -0.2) is 15.0 Å². The molecule has 266 valence electrons. The van der Waals surface area contributed by atoms with Gasteiger partial charge in [0.1, 0.15) is 11.2 Å². The van der Waals surface area contributed by atoms with E-state index in [4.69, 9.17) is 19.4 Å². The molecule has 8 aromatic carbocycles. The molecule has 0 amide bonds. The summed E-state index contributed by atoms with van der Waals surface area (Å²) in [4.78, 5) is 14.9. The molecule has 6 heteroatoms. The highest BCUT2D eigenvalue weighted by Crippen LogP contribution is 2.44. The molecule has 12 aromatic rings. The van der Waals surface area contributed by atoms with Gasteiger partial charge in [0.25, 0.3) is 0 Å². The van der Waals surface area contributed by atoms with Crippen LogP contribution < -0.4 is 0 Å². The van der Waals surface area contributed by atoms with E-state index in [2.05, 4.69) is 130 Å². The fraction of sp³-hybridized carbons (Fsp3) is 0. The largest absolute Gasteiger partial charge is 0.456 e. The van der Waals surface area contributed by atoms with Crippen molar-refractivity contribution in [3.05, 3.63) is 188 Å². The van der Waals surface area contributed by atoms with Gasteiger partial charge in [-0.05, 0) is 72.8 Å². The Hall–Kier alpha value is -7.83. The number of nitrogens with zero attached hydrogens (tertiary/aromatic N) is 5. The molecule has 0 spiro atoms. The van der Waals surface area contributed by atoms with Gasteiger partial charge in [0.2, 0.25) is 0 Å². The Morgan fingerprint density at radius 3 is 1.51 bits per heavy atom. The molecule has 0 aliphatic heterocycles. The van der Waals surface area contributed by atoms with Crippen LogP contribution in [0.1, 0.15) is 0 Å². The smallest absolute Gasteiger partial charge is 0.164 e. The summed E-state index contributed by atoms with van der Waals surface area (Å²) in [6.07, 6.45) is 0. The molecular weight excluding hydrogens is 699 g/mol. The maximum absolute atomic E-state index is 6.47. The molecule has 4 heterocycles. The molecule has 0 saturated carbocycles. The Morgan fingerprint density at radius 1 is 0.316 bits per heavy atom. The van der Waals surface area contributed by atoms with Gasteiger partial charge >= 0.3 is 0 Å². The van der Waals surface area contributed by atoms with Gasteiger partial charge in [0.15, 0.2) is 17.5 Å². The third-order valence-corrected chi connectivity index (χ3v) is 11.2. The topological polar surface area (TPSA) is 61.7 Å². The number of hydrogen-bond donors (Lipinski definition) is 0. The lowest BCUT2D eigenvalue weighted by molar-refractivity contribution is 0.669. The van der Waals surface area contributed by atoms with Gasteiger partial charge in [-0.2, -0.15) is 0 Å². The second-order valence-corrected chi connectivity index (χ2v) is 14.4. The van der Waals surface area contributed by atoms with E-state index in [9.17, 15) is 0 Å². The van der Waals surface area contributed by atoms with Crippen LogP contribution in [-0.4, -0.2) is 24.1 Å². The van der Waals surface area contributed by atoms with Crippen molar-refractivity contribution in [3.8, 4) is 45.5 Å². The highest BCUT2D eigenvalue weighted by molar-refractivity contribution is 6.29. The first-order chi connectivity index (χ1) is 28.3. The Bertz CT molecular complexity index is 3430. The molecule has 0 radical (unpaired) electrons. The zero-order valence-corrected chi connectivity index (χ0v) is 30.5. The molecule has 57 heavy (non-hydrogen) atoms. The van der Waals surface area contributed by atoms with Gasteiger partial charge in [0, 0.05) is 60.4 Å². The van der Waals surface area contributed by atoms with Crippen molar-refractivity contribution in [1.82, 2.24) is 24.1 Å². The standard InChI is InChI=1S/C51H31N5O/c1-4-14-32(15-5-1)49-52-50(33-16-6-2-7-17-33)54-51(53-49)34-24-26-36(27-25-34)56-42-28-29-46-48(38-21-11-13-23-45(38)57-46)47(42)40-31-43-39(30-44(40)56)37-20-10-12-22-41(37)55(43)35-18-8-3-9-19-35/h1-31H. The molecule has 4 aromatic heterocycles. The first-order valence-electron chi connectivity index (χ1n) is 19.1. The predicted octanol–water partition coefficient (Wildman–Crippen LogP) is 13.0. The minimum Gasteiger partial charge on any atom is -0.456 e. The van der Waals surface area contributed by atoms with Crippen LogP contribution in [0, 0.1) is 0 Å². The molecule has 12 rings (SSSR count). The van der Waals surface area contributed by atoms with Gasteiger partial charge in [-0.3, -0.25) is 0 Å². The number of fused-ring (bicyclic) bond motifs is 10. The van der Waals surface area contributed by atoms with Crippen molar-refractivity contribution in [3.63, 3.8) is 0 Å². The number of furan rings is 1. The summed E-state index contributed by atoms with van der Waals surface area (Å²) in [5.41, 5.74) is 11.3. The average molecular weight is 730 g/mol. The summed E-state index contributed by atoms with van der Waals surface area (Å²) < 4.78 is 11.2. The van der Waals surface area contributed by atoms with Crippen LogP contribution >= 0.6 is 0 Å². The number of aromatic nitrogens is 5. The minimum atomic E-state index is 0.624. The lowest BCUT2D eigenvalue weighted by atomic mass is 10.0. The van der Waals surface area contributed by atoms with Crippen LogP contribution in [0.25, 0.3) is 111 Å². The Balaban J connectivity index is 1.12. The van der Waals surface area contributed by atoms with Crippen LogP contribution in [0.5, 0.6) is 0 Å². The van der Waals surface area contributed by atoms with Crippen LogP contribution in [-0.2, 0) is 0 Å². The lowest BCUT2D eigenvalue weighted by Gasteiger charge is -2.11. The molecular formula is C51H31N5O. The summed E-state index contributed by atoms with van der Waals surface area (Å²) in [6, 6.07) is 65.5. The second-order valence-electron chi connectivity index (χ2n) is 14.4. The quantitative estimate of drug-likeness (QED) is 0.177. The number of benzene rings is 8. The van der Waals surface area contributed by atoms with Crippen LogP contribution in [0.2, 0.25) is 0 Å². The first kappa shape index (κ1) is 31.5. The third kappa shape index (κ3) is 4.87. The SMILES string of the molecule is c1ccc(-c2nc(-c3ccccc3)nc(-c3ccc(-n4c5cc6c7ccccc7n(-c7ccccc7)c6cc5c5c6c(ccc54)oc4ccccc46)cc3)n2)cc1. The maximum Gasteiger partial charge on any atom is 0.164 e. The summed E-state index contributed by atoms with van der Waals surface area (Å²) >= 11 is 0. The molecule has 0 saturated heterocycles. The van der Waals surface area contributed by atoms with Crippen molar-refractivity contribution < 1.29 is 4.42 Å². The molecule has 0 atom stereocenters. The van der Waals surface area contributed by atoms with E-state index in [1.807, 2.05) is 66.7 Å². The first-order valence-corrected chi connectivity index (χ1v) is 19.1. The van der Waals surface area contributed by atoms with Gasteiger partial charge in [0.05, 0.1) is 22.1 Å². The molecule has 6 nitrogen and oxygen atoms in total. The minimum absolute atomic E-state index is 0.624. The van der Waals surface area contributed by atoms with E-state index in [1.54, 1.807) is 0 Å². The van der Waals surface area contributed by atoms with E-state index < -0.39 is 0 Å². The van der Waals surface area contributed by atoms with Crippen molar-refractivity contribution in [2.45, 2.75) is 0 Å². The Kier molecular flexibility index (Phi) is 6.83. The van der Waals surface area contributed by atoms with Gasteiger partial charge in [-0.15, -0.1) is 0 Å². The molecule has 0 unspecified atom stereocenters. The van der Waals surface area contributed by atoms with E-state index in [0.29, 0.717) is 17.5 Å². The van der Waals surface area contributed by atoms with Gasteiger partial charge in [-0.1, -0.05) is 115 Å². The van der Waals surface area contributed by atoms with E-state index in [-0.39, 0.29) is 0 Å². The van der Waals surface area contributed by atoms with Crippen LogP contribution in [0.4, 0.5) is 0 Å². The number of hydrogen-bond acceptors (Lipinski definition) is 4. The highest BCUT2D eigenvalue weighted by Gasteiger charge is 2.22. The summed E-state index contributed by atoms with van der Waals surface area (Å²) in [7, 11) is 0. The fourth-order valence-corrected chi connectivity index (χ4v) is 8.61. The molecule has 0 aliphatic carbocycles. The zero-order chi connectivity index (χ0) is 37.5. The Labute approximate surface area is 326 Å². The van der Waals surface area contributed by atoms with Gasteiger partial charge < -0.3 is 13.6 Å². The fourth-order valence-electron chi connectivity index (χ4n) is 8.61. The van der Waals surface area contributed by atoms with E-state index in [0.717, 1.165) is 71.9 Å². The Morgan fingerprint density at radius 2 is 0.825 bits per heavy atom. The second kappa shape index (κ2) is 12.3. The molecule has 0 aliphatic rings. The zero-order valence-electron chi connectivity index (χ0n) is 30.5. The molecule has 0 bridgehead atoms. The normalized spacial score (nSPS) is 11.9. The monoisotopic (exact) mass is 729 g/mol. The van der Waals surface area contributed by atoms with Crippen molar-refractivity contribution in [2.75, 3.05) is 0 Å². The van der Waals surface area contributed by atoms with Crippen molar-refractivity contribution >= 4 is 65.6 Å².